The van der Waals surface area contributed by atoms with E-state index in [0.717, 1.165) is 12.0 Å². The van der Waals surface area contributed by atoms with Crippen LogP contribution in [0.1, 0.15) is 45.1 Å². The molecule has 1 aromatic rings. The molecule has 0 radical (unpaired) electrons. The molecule has 0 aromatic heterocycles. The van der Waals surface area contributed by atoms with Crippen LogP contribution in [0.3, 0.4) is 0 Å². The highest BCUT2D eigenvalue weighted by Crippen LogP contribution is 2.42. The van der Waals surface area contributed by atoms with E-state index in [1.165, 1.54) is 31.4 Å². The van der Waals surface area contributed by atoms with Crippen molar-refractivity contribution in [2.24, 2.45) is 0 Å². The monoisotopic (exact) mass is 402 g/mol. The fourth-order valence-corrected chi connectivity index (χ4v) is 3.02. The molecule has 0 bridgehead atoms. The van der Waals surface area contributed by atoms with Crippen molar-refractivity contribution in [3.05, 3.63) is 58.7 Å². The molecule has 7 heteroatoms. The van der Waals surface area contributed by atoms with Crippen LogP contribution in [0.15, 0.2) is 53.1 Å². The third-order valence-electron chi connectivity index (χ3n) is 4.76. The number of aliphatic carboxylic acids is 1. The van der Waals surface area contributed by atoms with E-state index in [2.05, 4.69) is 0 Å². The van der Waals surface area contributed by atoms with Gasteiger partial charge in [-0.1, -0.05) is 17.7 Å². The second-order valence-corrected chi connectivity index (χ2v) is 6.95. The number of allylic oxidation sites excluding steroid dienone is 3. The molecule has 29 heavy (non-hydrogen) atoms. The van der Waals surface area contributed by atoms with Gasteiger partial charge in [0.15, 0.2) is 0 Å². The van der Waals surface area contributed by atoms with Gasteiger partial charge in [-0.25, -0.2) is 9.59 Å². The zero-order valence-electron chi connectivity index (χ0n) is 16.8. The normalized spacial score (nSPS) is 19.8. The number of carbonyl (C=O) groups excluding carboxylic acids is 1. The molecule has 1 aromatic carbocycles. The van der Waals surface area contributed by atoms with E-state index in [1.807, 2.05) is 13.0 Å². The fraction of sp³-hybridized carbons (Fsp3) is 0.364. The van der Waals surface area contributed by atoms with Gasteiger partial charge in [0.1, 0.15) is 11.5 Å². The second kappa shape index (κ2) is 9.43. The van der Waals surface area contributed by atoms with Gasteiger partial charge in [-0.05, 0) is 57.7 Å². The Hall–Kier alpha value is -3.06. The predicted molar refractivity (Wildman–Crippen MR) is 106 cm³/mol. The summed E-state index contributed by atoms with van der Waals surface area (Å²) < 4.78 is 10.8. The van der Waals surface area contributed by atoms with E-state index in [9.17, 15) is 19.8 Å². The molecule has 156 valence electrons. The summed E-state index contributed by atoms with van der Waals surface area (Å²) >= 11 is 0. The smallest absolute Gasteiger partial charge is 0.336 e. The molecule has 0 aliphatic carbocycles. The van der Waals surface area contributed by atoms with E-state index in [-0.39, 0.29) is 17.1 Å². The Morgan fingerprint density at radius 3 is 2.59 bits per heavy atom. The van der Waals surface area contributed by atoms with Crippen molar-refractivity contribution in [2.75, 3.05) is 7.11 Å². The van der Waals surface area contributed by atoms with Crippen molar-refractivity contribution in [1.82, 2.24) is 0 Å². The average Bonchev–Trinajstić information content (AvgIpc) is 3.00. The maximum Gasteiger partial charge on any atom is 0.336 e. The van der Waals surface area contributed by atoms with Crippen molar-refractivity contribution < 1.29 is 34.4 Å². The number of esters is 1. The lowest BCUT2D eigenvalue weighted by Gasteiger charge is -2.25. The number of phenolic OH excluding ortho intramolecular Hbond substituents is 2. The first-order valence-corrected chi connectivity index (χ1v) is 9.27. The quantitative estimate of drug-likeness (QED) is 0.248. The molecule has 0 saturated heterocycles. The lowest BCUT2D eigenvalue weighted by atomic mass is 10.0. The van der Waals surface area contributed by atoms with Crippen molar-refractivity contribution in [3.8, 4) is 11.5 Å². The minimum atomic E-state index is -1.58. The maximum atomic E-state index is 12.3. The van der Waals surface area contributed by atoms with E-state index in [4.69, 9.17) is 14.6 Å². The van der Waals surface area contributed by atoms with Crippen LogP contribution in [-0.2, 0) is 24.8 Å². The topological polar surface area (TPSA) is 113 Å². The molecule has 3 N–H and O–H groups in total. The maximum absolute atomic E-state index is 12.3. The summed E-state index contributed by atoms with van der Waals surface area (Å²) in [5, 5.41) is 28.7. The van der Waals surface area contributed by atoms with Gasteiger partial charge in [-0.3, -0.25) is 0 Å². The van der Waals surface area contributed by atoms with E-state index in [1.54, 1.807) is 13.0 Å². The van der Waals surface area contributed by atoms with Crippen LogP contribution in [-0.4, -0.2) is 34.4 Å². The summed E-state index contributed by atoms with van der Waals surface area (Å²) in [6, 6.07) is 3.92. The highest BCUT2D eigenvalue weighted by molar-refractivity contribution is 5.91. The van der Waals surface area contributed by atoms with Crippen molar-refractivity contribution >= 4 is 11.9 Å². The highest BCUT2D eigenvalue weighted by Gasteiger charge is 2.43. The first-order valence-electron chi connectivity index (χ1n) is 9.27. The molecular weight excluding hydrogens is 376 g/mol. The van der Waals surface area contributed by atoms with Gasteiger partial charge in [0.2, 0.25) is 0 Å². The molecule has 1 unspecified atom stereocenters. The van der Waals surface area contributed by atoms with Crippen molar-refractivity contribution in [2.45, 2.75) is 45.3 Å². The lowest BCUT2D eigenvalue weighted by Crippen LogP contribution is -2.27. The van der Waals surface area contributed by atoms with Gasteiger partial charge < -0.3 is 24.8 Å². The molecule has 1 heterocycles. The van der Waals surface area contributed by atoms with Crippen LogP contribution < -0.4 is 0 Å². The van der Waals surface area contributed by atoms with Crippen LogP contribution in [0.4, 0.5) is 0 Å². The van der Waals surface area contributed by atoms with Gasteiger partial charge in [-0.2, -0.15) is 0 Å². The largest absolute Gasteiger partial charge is 0.508 e. The Morgan fingerprint density at radius 1 is 1.21 bits per heavy atom. The summed E-state index contributed by atoms with van der Waals surface area (Å²) in [7, 11) is 1.35. The lowest BCUT2D eigenvalue weighted by molar-refractivity contribution is -0.193. The van der Waals surface area contributed by atoms with Crippen LogP contribution in [0.2, 0.25) is 0 Å². The van der Waals surface area contributed by atoms with Crippen LogP contribution >= 0.6 is 0 Å². The summed E-state index contributed by atoms with van der Waals surface area (Å²) in [6.45, 7) is 3.52. The number of carboxylic acid groups (broad SMARTS) is 1. The van der Waals surface area contributed by atoms with Gasteiger partial charge >= 0.3 is 11.9 Å². The number of rotatable bonds is 9. The molecule has 1 atom stereocenters. The second-order valence-electron chi connectivity index (χ2n) is 6.95. The summed E-state index contributed by atoms with van der Waals surface area (Å²) in [5.74, 6) is -3.28. The van der Waals surface area contributed by atoms with E-state index >= 15 is 0 Å². The number of cyclic esters (lactones) is 1. The number of ether oxygens (including phenoxy) is 2. The van der Waals surface area contributed by atoms with Gasteiger partial charge in [-0.15, -0.1) is 0 Å². The average molecular weight is 402 g/mol. The first-order chi connectivity index (χ1) is 13.7. The van der Waals surface area contributed by atoms with E-state index < -0.39 is 17.7 Å². The van der Waals surface area contributed by atoms with Crippen molar-refractivity contribution in [1.29, 1.82) is 0 Å². The Balaban J connectivity index is 2.05. The standard InChI is InChI=1S/C22H26O7/c1-14(6-4-8-15(2)20(25)26)7-5-9-16-13-22(28-3,29-21(16)27)18-12-17(23)10-11-19(18)24/h7-8,10-13,23-24H,4-6,9H2,1-3H3,(H,25,26). The number of aromatic hydroxyl groups is 2. The summed E-state index contributed by atoms with van der Waals surface area (Å²) in [5.41, 5.74) is 1.98. The highest BCUT2D eigenvalue weighted by atomic mass is 16.7. The number of hydrogen-bond donors (Lipinski definition) is 3. The molecule has 1 aliphatic rings. The Morgan fingerprint density at radius 2 is 1.93 bits per heavy atom. The molecule has 1 aliphatic heterocycles. The Labute approximate surface area is 169 Å². The van der Waals surface area contributed by atoms with E-state index in [0.29, 0.717) is 30.4 Å². The minimum absolute atomic E-state index is 0.0853. The Kier molecular flexibility index (Phi) is 7.23. The van der Waals surface area contributed by atoms with Gasteiger partial charge in [0, 0.05) is 24.3 Å². The zero-order chi connectivity index (χ0) is 21.6. The fourth-order valence-electron chi connectivity index (χ4n) is 3.02. The number of carbonyl (C=O) groups is 2. The third-order valence-corrected chi connectivity index (χ3v) is 4.76. The molecular formula is C22H26O7. The van der Waals surface area contributed by atoms with Gasteiger partial charge in [0.25, 0.3) is 5.79 Å². The third kappa shape index (κ3) is 5.48. The SMILES string of the molecule is COC1(c2cc(O)ccc2O)C=C(CCC=C(C)CCC=C(C)C(=O)O)C(=O)O1. The van der Waals surface area contributed by atoms with Gasteiger partial charge in [0.05, 0.1) is 5.56 Å². The molecule has 2 rings (SSSR count). The molecule has 0 spiro atoms. The number of benzene rings is 1. The van der Waals surface area contributed by atoms with Crippen molar-refractivity contribution in [3.63, 3.8) is 0 Å². The van der Waals surface area contributed by atoms with Crippen LogP contribution in [0.25, 0.3) is 0 Å². The van der Waals surface area contributed by atoms with Crippen LogP contribution in [0, 0.1) is 0 Å². The number of methoxy groups -OCH3 is 1. The number of phenols is 2. The first kappa shape index (κ1) is 22.2. The zero-order valence-corrected chi connectivity index (χ0v) is 16.8. The molecule has 0 amide bonds. The number of hydrogen-bond acceptors (Lipinski definition) is 6. The predicted octanol–water partition coefficient (Wildman–Crippen LogP) is 3.92. The summed E-state index contributed by atoms with van der Waals surface area (Å²) in [6.07, 6.45) is 7.58. The number of carboxylic acids is 1. The minimum Gasteiger partial charge on any atom is -0.508 e. The molecule has 7 nitrogen and oxygen atoms in total. The molecule has 0 saturated carbocycles. The van der Waals surface area contributed by atoms with Crippen LogP contribution in [0.5, 0.6) is 11.5 Å². The Bertz CT molecular complexity index is 879. The molecule has 0 fully saturated rings. The summed E-state index contributed by atoms with van der Waals surface area (Å²) in [4.78, 5) is 23.1.